The third kappa shape index (κ3) is 3.73. The maximum atomic E-state index is 6.51. The van der Waals surface area contributed by atoms with Gasteiger partial charge in [0.2, 0.25) is 0 Å². The molecule has 21 heavy (non-hydrogen) atoms. The highest BCUT2D eigenvalue weighted by Gasteiger charge is 2.19. The molecule has 114 valence electrons. The Kier molecular flexibility index (Phi) is 4.87. The van der Waals surface area contributed by atoms with Crippen LogP contribution in [0.1, 0.15) is 25.1 Å². The normalized spacial score (nSPS) is 12.3. The van der Waals surface area contributed by atoms with E-state index < -0.39 is 0 Å². The summed E-state index contributed by atoms with van der Waals surface area (Å²) in [6, 6.07) is 8.12. The minimum atomic E-state index is 0.0904. The second kappa shape index (κ2) is 6.30. The van der Waals surface area contributed by atoms with Crippen LogP contribution in [0.2, 0.25) is 5.02 Å². The second-order valence-corrected chi connectivity index (χ2v) is 6.93. The Balaban J connectivity index is 2.28. The number of aryl methyl sites for hydroxylation is 1. The van der Waals surface area contributed by atoms with Crippen LogP contribution in [0.15, 0.2) is 24.3 Å². The Bertz CT molecular complexity index is 637. The molecule has 0 amide bonds. The summed E-state index contributed by atoms with van der Waals surface area (Å²) >= 11 is 6.51. The average Bonchev–Trinajstić information content (AvgIpc) is 2.44. The summed E-state index contributed by atoms with van der Waals surface area (Å²) in [5.41, 5.74) is 8.93. The third-order valence-corrected chi connectivity index (χ3v) is 4.32. The van der Waals surface area contributed by atoms with E-state index in [4.69, 9.17) is 22.3 Å². The van der Waals surface area contributed by atoms with Crippen molar-refractivity contribution in [3.8, 4) is 0 Å². The maximum Gasteiger partial charge on any atom is 0.0740 e. The van der Waals surface area contributed by atoms with Crippen LogP contribution in [0, 0.1) is 12.3 Å². The largest absolute Gasteiger partial charge is 0.330 e. The molecule has 0 aliphatic rings. The first-order chi connectivity index (χ1) is 9.84. The van der Waals surface area contributed by atoms with Crippen LogP contribution in [0.25, 0.3) is 10.9 Å². The van der Waals surface area contributed by atoms with Gasteiger partial charge in [-0.3, -0.25) is 4.90 Å². The maximum absolute atomic E-state index is 6.51. The van der Waals surface area contributed by atoms with Crippen LogP contribution in [-0.4, -0.2) is 30.0 Å². The van der Waals surface area contributed by atoms with E-state index in [0.717, 1.165) is 40.3 Å². The van der Waals surface area contributed by atoms with Crippen molar-refractivity contribution < 1.29 is 0 Å². The number of rotatable bonds is 5. The fourth-order valence-corrected chi connectivity index (χ4v) is 2.83. The number of nitrogens with two attached hydrogens (primary N) is 1. The number of hydrogen-bond donors (Lipinski definition) is 1. The minimum Gasteiger partial charge on any atom is -0.330 e. The lowest BCUT2D eigenvalue weighted by Crippen LogP contribution is -2.36. The lowest BCUT2D eigenvalue weighted by molar-refractivity contribution is 0.208. The summed E-state index contributed by atoms with van der Waals surface area (Å²) in [6.07, 6.45) is 0. The Labute approximate surface area is 132 Å². The number of halogens is 1. The molecule has 0 bridgehead atoms. The van der Waals surface area contributed by atoms with Gasteiger partial charge in [0.25, 0.3) is 0 Å². The summed E-state index contributed by atoms with van der Waals surface area (Å²) in [6.45, 7) is 8.70. The summed E-state index contributed by atoms with van der Waals surface area (Å²) in [7, 11) is 2.08. The molecule has 3 nitrogen and oxygen atoms in total. The summed E-state index contributed by atoms with van der Waals surface area (Å²) in [5.74, 6) is 0. The molecule has 0 fully saturated rings. The number of pyridine rings is 1. The SMILES string of the molecule is Cc1c(Cl)c(CN(C)CC(C)(C)CN)nc2ccccc12. The van der Waals surface area contributed by atoms with E-state index in [2.05, 4.69) is 38.8 Å². The Morgan fingerprint density at radius 2 is 1.95 bits per heavy atom. The topological polar surface area (TPSA) is 42.1 Å². The zero-order valence-corrected chi connectivity index (χ0v) is 14.0. The summed E-state index contributed by atoms with van der Waals surface area (Å²) < 4.78 is 0. The first kappa shape index (κ1) is 16.2. The van der Waals surface area contributed by atoms with Gasteiger partial charge in [0, 0.05) is 18.5 Å². The minimum absolute atomic E-state index is 0.0904. The van der Waals surface area contributed by atoms with Crippen molar-refractivity contribution in [1.29, 1.82) is 0 Å². The van der Waals surface area contributed by atoms with Crippen LogP contribution < -0.4 is 5.73 Å². The van der Waals surface area contributed by atoms with Gasteiger partial charge in [-0.1, -0.05) is 43.6 Å². The highest BCUT2D eigenvalue weighted by Crippen LogP contribution is 2.28. The first-order valence-electron chi connectivity index (χ1n) is 7.26. The van der Waals surface area contributed by atoms with E-state index in [1.165, 1.54) is 0 Å². The third-order valence-electron chi connectivity index (χ3n) is 3.82. The number of fused-ring (bicyclic) bond motifs is 1. The van der Waals surface area contributed by atoms with Crippen molar-refractivity contribution in [2.24, 2.45) is 11.1 Å². The average molecular weight is 306 g/mol. The van der Waals surface area contributed by atoms with Gasteiger partial charge >= 0.3 is 0 Å². The molecule has 4 heteroatoms. The predicted molar refractivity (Wildman–Crippen MR) is 90.7 cm³/mol. The van der Waals surface area contributed by atoms with Crippen LogP contribution in [0.4, 0.5) is 0 Å². The number of hydrogen-bond acceptors (Lipinski definition) is 3. The van der Waals surface area contributed by atoms with Crippen LogP contribution >= 0.6 is 11.6 Å². The van der Waals surface area contributed by atoms with E-state index in [-0.39, 0.29) is 5.41 Å². The lowest BCUT2D eigenvalue weighted by atomic mass is 9.93. The number of nitrogens with zero attached hydrogens (tertiary/aromatic N) is 2. The van der Waals surface area contributed by atoms with Crippen molar-refractivity contribution in [1.82, 2.24) is 9.88 Å². The second-order valence-electron chi connectivity index (χ2n) is 6.56. The molecule has 0 aliphatic heterocycles. The molecule has 1 aromatic carbocycles. The van der Waals surface area contributed by atoms with E-state index >= 15 is 0 Å². The molecule has 0 saturated heterocycles. The Morgan fingerprint density at radius 1 is 1.29 bits per heavy atom. The van der Waals surface area contributed by atoms with Gasteiger partial charge in [-0.25, -0.2) is 4.98 Å². The van der Waals surface area contributed by atoms with Crippen molar-refractivity contribution in [2.75, 3.05) is 20.1 Å². The molecule has 0 saturated carbocycles. The highest BCUT2D eigenvalue weighted by molar-refractivity contribution is 6.32. The molecule has 2 aromatic rings. The van der Waals surface area contributed by atoms with E-state index in [1.807, 2.05) is 18.2 Å². The van der Waals surface area contributed by atoms with E-state index in [1.54, 1.807) is 0 Å². The molecule has 2 rings (SSSR count). The fraction of sp³-hybridized carbons (Fsp3) is 0.471. The van der Waals surface area contributed by atoms with Gasteiger partial charge in [0.1, 0.15) is 0 Å². The smallest absolute Gasteiger partial charge is 0.0740 e. The molecule has 0 unspecified atom stereocenters. The molecule has 0 radical (unpaired) electrons. The summed E-state index contributed by atoms with van der Waals surface area (Å²) in [4.78, 5) is 6.96. The number of benzene rings is 1. The lowest BCUT2D eigenvalue weighted by Gasteiger charge is -2.29. The molecule has 0 spiro atoms. The van der Waals surface area contributed by atoms with Gasteiger partial charge < -0.3 is 5.73 Å². The molecule has 2 N–H and O–H groups in total. The molecule has 0 atom stereocenters. The molecule has 1 aromatic heterocycles. The molecule has 0 aliphatic carbocycles. The van der Waals surface area contributed by atoms with Gasteiger partial charge in [-0.05, 0) is 37.6 Å². The van der Waals surface area contributed by atoms with Gasteiger partial charge in [-0.2, -0.15) is 0 Å². The Morgan fingerprint density at radius 3 is 2.62 bits per heavy atom. The molecular weight excluding hydrogens is 282 g/mol. The number of para-hydroxylation sites is 1. The van der Waals surface area contributed by atoms with Crippen LogP contribution in [0.3, 0.4) is 0 Å². The standard InChI is InChI=1S/C17H24ClN3/c1-12-13-7-5-6-8-14(13)20-15(16(12)18)9-21(4)11-17(2,3)10-19/h5-8H,9-11,19H2,1-4H3. The zero-order chi connectivity index (χ0) is 15.6. The van der Waals surface area contributed by atoms with E-state index in [9.17, 15) is 0 Å². The Hall–Kier alpha value is -1.16. The zero-order valence-electron chi connectivity index (χ0n) is 13.3. The van der Waals surface area contributed by atoms with Gasteiger partial charge in [0.05, 0.1) is 16.2 Å². The van der Waals surface area contributed by atoms with Gasteiger partial charge in [0.15, 0.2) is 0 Å². The van der Waals surface area contributed by atoms with Crippen molar-refractivity contribution >= 4 is 22.5 Å². The van der Waals surface area contributed by atoms with Gasteiger partial charge in [-0.15, -0.1) is 0 Å². The first-order valence-corrected chi connectivity index (χ1v) is 7.64. The van der Waals surface area contributed by atoms with Crippen LogP contribution in [0.5, 0.6) is 0 Å². The quantitative estimate of drug-likeness (QED) is 0.917. The molecule has 1 heterocycles. The van der Waals surface area contributed by atoms with Crippen LogP contribution in [-0.2, 0) is 6.54 Å². The summed E-state index contributed by atoms with van der Waals surface area (Å²) in [5, 5.41) is 1.89. The van der Waals surface area contributed by atoms with E-state index in [0.29, 0.717) is 6.54 Å². The number of aromatic nitrogens is 1. The van der Waals surface area contributed by atoms with Crippen molar-refractivity contribution in [3.05, 3.63) is 40.5 Å². The monoisotopic (exact) mass is 305 g/mol. The predicted octanol–water partition coefficient (Wildman–Crippen LogP) is 3.61. The fourth-order valence-electron chi connectivity index (χ4n) is 2.63. The van der Waals surface area contributed by atoms with Crippen molar-refractivity contribution in [3.63, 3.8) is 0 Å². The highest BCUT2D eigenvalue weighted by atomic mass is 35.5. The van der Waals surface area contributed by atoms with Crippen molar-refractivity contribution in [2.45, 2.75) is 27.3 Å². The molecular formula is C17H24ClN3.